The van der Waals surface area contributed by atoms with Crippen LogP contribution in [0.25, 0.3) is 0 Å². The minimum absolute atomic E-state index is 0.0906. The number of aromatic nitrogens is 3. The van der Waals surface area contributed by atoms with Crippen molar-refractivity contribution < 1.29 is 4.79 Å². The second-order valence-corrected chi connectivity index (χ2v) is 14.6. The number of piperazine rings is 1. The topological polar surface area (TPSA) is 124 Å². The predicted molar refractivity (Wildman–Crippen MR) is 221 cm³/mol. The van der Waals surface area contributed by atoms with E-state index in [1.54, 1.807) is 0 Å². The van der Waals surface area contributed by atoms with Crippen LogP contribution in [0.4, 0.5) is 11.9 Å². The number of nitrogens with one attached hydrogen (secondary N) is 3. The summed E-state index contributed by atoms with van der Waals surface area (Å²) in [5.74, 6) is 2.23. The molecule has 292 valence electrons. The standard InChI is InChI=1S/C43H69N9O/c1-5-37(6-2)45-27-19-11-12-20-28-46-41-48-40(43(7-3,8-4)47-29-21-10-9-18-26-44)49-42(50-41)52-32-30-51(31-33-52)39(53)38-25-17-16-24-36(38)34-35-22-14-13-15-23-35/h13-17,22-25,37,45,47H,5-12,18-21,26-34,44H2,1-4H3,(H,46,48,49,50). The molecule has 4 rings (SSSR count). The van der Waals surface area contributed by atoms with Crippen molar-refractivity contribution in [1.29, 1.82) is 0 Å². The summed E-state index contributed by atoms with van der Waals surface area (Å²) in [6, 6.07) is 19.0. The monoisotopic (exact) mass is 728 g/mol. The molecule has 3 aromatic rings. The highest BCUT2D eigenvalue weighted by molar-refractivity contribution is 5.96. The second kappa shape index (κ2) is 23.2. The first-order valence-corrected chi connectivity index (χ1v) is 20.8. The van der Waals surface area contributed by atoms with Gasteiger partial charge in [-0.1, -0.05) is 102 Å². The fraction of sp³-hybridized carbons (Fsp3) is 0.628. The largest absolute Gasteiger partial charge is 0.354 e. The minimum Gasteiger partial charge on any atom is -0.354 e. The smallest absolute Gasteiger partial charge is 0.254 e. The van der Waals surface area contributed by atoms with Crippen LogP contribution >= 0.6 is 0 Å². The lowest BCUT2D eigenvalue weighted by Gasteiger charge is -2.36. The molecule has 5 N–H and O–H groups in total. The van der Waals surface area contributed by atoms with Crippen LogP contribution in [0.2, 0.25) is 0 Å². The molecule has 0 unspecified atom stereocenters. The van der Waals surface area contributed by atoms with Gasteiger partial charge in [-0.25, -0.2) is 0 Å². The van der Waals surface area contributed by atoms with Gasteiger partial charge in [0.1, 0.15) is 0 Å². The van der Waals surface area contributed by atoms with Gasteiger partial charge in [-0.2, -0.15) is 15.0 Å². The molecule has 1 amide bonds. The number of hydrogen-bond acceptors (Lipinski definition) is 9. The third-order valence-corrected chi connectivity index (χ3v) is 11.0. The minimum atomic E-state index is -0.343. The highest BCUT2D eigenvalue weighted by Gasteiger charge is 2.33. The van der Waals surface area contributed by atoms with Crippen molar-refractivity contribution in [3.8, 4) is 0 Å². The summed E-state index contributed by atoms with van der Waals surface area (Å²) in [6.07, 6.45) is 14.0. The fourth-order valence-electron chi connectivity index (χ4n) is 7.31. The molecule has 10 nitrogen and oxygen atoms in total. The van der Waals surface area contributed by atoms with Crippen molar-refractivity contribution in [2.24, 2.45) is 5.73 Å². The third-order valence-electron chi connectivity index (χ3n) is 11.0. The number of nitrogens with zero attached hydrogens (tertiary/aromatic N) is 5. The first kappa shape index (κ1) is 42.1. The molecular weight excluding hydrogens is 659 g/mol. The van der Waals surface area contributed by atoms with Crippen molar-refractivity contribution in [1.82, 2.24) is 30.5 Å². The Morgan fingerprint density at radius 1 is 0.755 bits per heavy atom. The van der Waals surface area contributed by atoms with Crippen LogP contribution in [0.1, 0.15) is 132 Å². The van der Waals surface area contributed by atoms with Crippen LogP contribution in [0.3, 0.4) is 0 Å². The van der Waals surface area contributed by atoms with E-state index in [1.807, 2.05) is 41.3 Å². The summed E-state index contributed by atoms with van der Waals surface area (Å²) in [5, 5.41) is 11.1. The molecule has 2 heterocycles. The van der Waals surface area contributed by atoms with Crippen LogP contribution in [-0.2, 0) is 12.0 Å². The molecule has 0 radical (unpaired) electrons. The predicted octanol–water partition coefficient (Wildman–Crippen LogP) is 7.30. The van der Waals surface area contributed by atoms with E-state index in [0.29, 0.717) is 44.1 Å². The number of amides is 1. The molecule has 1 fully saturated rings. The molecule has 1 aliphatic rings. The van der Waals surface area contributed by atoms with Gasteiger partial charge in [0, 0.05) is 44.3 Å². The Balaban J connectivity index is 1.43. The van der Waals surface area contributed by atoms with Crippen LogP contribution in [0.15, 0.2) is 54.6 Å². The summed E-state index contributed by atoms with van der Waals surface area (Å²) in [5.41, 5.74) is 8.42. The van der Waals surface area contributed by atoms with Crippen molar-refractivity contribution in [3.63, 3.8) is 0 Å². The lowest BCUT2D eigenvalue weighted by atomic mass is 9.91. The quantitative estimate of drug-likeness (QED) is 0.0666. The molecule has 53 heavy (non-hydrogen) atoms. The third kappa shape index (κ3) is 13.0. The van der Waals surface area contributed by atoms with Crippen molar-refractivity contribution >= 4 is 17.8 Å². The van der Waals surface area contributed by atoms with Crippen LogP contribution < -0.4 is 26.6 Å². The van der Waals surface area contributed by atoms with Gasteiger partial charge in [0.05, 0.1) is 5.54 Å². The average Bonchev–Trinajstić information content (AvgIpc) is 3.20. The lowest BCUT2D eigenvalue weighted by Crippen LogP contribution is -2.50. The Bertz CT molecular complexity index is 1450. The maximum absolute atomic E-state index is 13.9. The SMILES string of the molecule is CCC(CC)NCCCCCCNc1nc(N2CCN(C(=O)c3ccccc3Cc3ccccc3)CC2)nc(C(CC)(CC)NCCCCCCN)n1. The summed E-state index contributed by atoms with van der Waals surface area (Å²) in [7, 11) is 0. The summed E-state index contributed by atoms with van der Waals surface area (Å²) in [6.45, 7) is 15.1. The Kier molecular flexibility index (Phi) is 18.5. The molecule has 10 heteroatoms. The molecule has 0 aliphatic carbocycles. The van der Waals surface area contributed by atoms with Crippen molar-refractivity contribution in [2.75, 3.05) is 62.6 Å². The van der Waals surface area contributed by atoms with Gasteiger partial charge in [0.2, 0.25) is 11.9 Å². The van der Waals surface area contributed by atoms with Gasteiger partial charge in [-0.05, 0) is 94.6 Å². The molecule has 1 aliphatic heterocycles. The Morgan fingerprint density at radius 2 is 1.40 bits per heavy atom. The highest BCUT2D eigenvalue weighted by Crippen LogP contribution is 2.29. The summed E-state index contributed by atoms with van der Waals surface area (Å²) in [4.78, 5) is 33.3. The molecular formula is C43H69N9O. The average molecular weight is 728 g/mol. The van der Waals surface area contributed by atoms with E-state index in [0.717, 1.165) is 94.5 Å². The molecule has 0 saturated carbocycles. The van der Waals surface area contributed by atoms with E-state index in [9.17, 15) is 4.79 Å². The maximum atomic E-state index is 13.9. The van der Waals surface area contributed by atoms with E-state index >= 15 is 0 Å². The zero-order valence-electron chi connectivity index (χ0n) is 33.3. The Hall–Kier alpha value is -3.60. The fourth-order valence-corrected chi connectivity index (χ4v) is 7.31. The van der Waals surface area contributed by atoms with E-state index in [4.69, 9.17) is 20.7 Å². The number of unbranched alkanes of at least 4 members (excludes halogenated alkanes) is 6. The Morgan fingerprint density at radius 3 is 2.08 bits per heavy atom. The highest BCUT2D eigenvalue weighted by atomic mass is 16.2. The molecule has 1 aromatic heterocycles. The van der Waals surface area contributed by atoms with Crippen molar-refractivity contribution in [2.45, 2.75) is 123 Å². The summed E-state index contributed by atoms with van der Waals surface area (Å²) >= 11 is 0. The van der Waals surface area contributed by atoms with Gasteiger partial charge >= 0.3 is 0 Å². The molecule has 0 bridgehead atoms. The number of anilines is 2. The molecule has 2 aromatic carbocycles. The zero-order chi connectivity index (χ0) is 37.7. The normalized spacial score (nSPS) is 13.5. The first-order valence-electron chi connectivity index (χ1n) is 20.8. The van der Waals surface area contributed by atoms with E-state index in [-0.39, 0.29) is 11.4 Å². The van der Waals surface area contributed by atoms with Crippen molar-refractivity contribution in [3.05, 3.63) is 77.1 Å². The number of nitrogens with two attached hydrogens (primary N) is 1. The molecule has 1 saturated heterocycles. The van der Waals surface area contributed by atoms with Crippen LogP contribution in [0.5, 0.6) is 0 Å². The number of carbonyl (C=O) groups excluding carboxylic acids is 1. The summed E-state index contributed by atoms with van der Waals surface area (Å²) < 4.78 is 0. The van der Waals surface area contributed by atoms with Crippen LogP contribution in [-0.4, -0.2) is 84.2 Å². The number of benzene rings is 2. The number of hydrogen-bond donors (Lipinski definition) is 4. The van der Waals surface area contributed by atoms with E-state index in [1.165, 1.54) is 37.7 Å². The molecule has 0 spiro atoms. The van der Waals surface area contributed by atoms with Crippen LogP contribution in [0, 0.1) is 0 Å². The zero-order valence-corrected chi connectivity index (χ0v) is 33.3. The van der Waals surface area contributed by atoms with Gasteiger partial charge in [-0.3, -0.25) is 4.79 Å². The lowest BCUT2D eigenvalue weighted by molar-refractivity contribution is 0.0745. The maximum Gasteiger partial charge on any atom is 0.254 e. The molecule has 0 atom stereocenters. The Labute approximate surface area is 320 Å². The van der Waals surface area contributed by atoms with E-state index < -0.39 is 0 Å². The second-order valence-electron chi connectivity index (χ2n) is 14.6. The first-order chi connectivity index (χ1) is 26.0. The van der Waals surface area contributed by atoms with Gasteiger partial charge in [-0.15, -0.1) is 0 Å². The number of rotatable bonds is 25. The number of carbonyl (C=O) groups is 1. The van der Waals surface area contributed by atoms with Gasteiger partial charge in [0.15, 0.2) is 5.82 Å². The van der Waals surface area contributed by atoms with E-state index in [2.05, 4.69) is 66.7 Å². The van der Waals surface area contributed by atoms with Gasteiger partial charge in [0.25, 0.3) is 5.91 Å². The van der Waals surface area contributed by atoms with Gasteiger partial charge < -0.3 is 31.5 Å².